The Bertz CT molecular complexity index is 366. The van der Waals surface area contributed by atoms with E-state index in [4.69, 9.17) is 18.9 Å². The summed E-state index contributed by atoms with van der Waals surface area (Å²) in [5, 5.41) is 5.49. The summed E-state index contributed by atoms with van der Waals surface area (Å²) in [5.41, 5.74) is 0. The molecule has 0 aromatic carbocycles. The van der Waals surface area contributed by atoms with Crippen LogP contribution < -0.4 is 10.6 Å². The van der Waals surface area contributed by atoms with E-state index in [1.165, 1.54) is 0 Å². The van der Waals surface area contributed by atoms with E-state index < -0.39 is 11.6 Å². The predicted octanol–water partition coefficient (Wildman–Crippen LogP) is 1.58. The molecule has 26 heavy (non-hydrogen) atoms. The Kier molecular flexibility index (Phi) is 12.4. The van der Waals surface area contributed by atoms with Crippen LogP contribution in [0.4, 0.5) is 0 Å². The third-order valence-electron chi connectivity index (χ3n) is 3.59. The first kappa shape index (κ1) is 24.8. The highest BCUT2D eigenvalue weighted by Gasteiger charge is 2.27. The van der Waals surface area contributed by atoms with Crippen LogP contribution in [0.15, 0.2) is 0 Å². The van der Waals surface area contributed by atoms with Crippen LogP contribution in [0.3, 0.4) is 0 Å². The van der Waals surface area contributed by atoms with E-state index in [1.807, 2.05) is 27.7 Å². The number of hydrogen-bond donors (Lipinski definition) is 2. The van der Waals surface area contributed by atoms with Crippen molar-refractivity contribution >= 4 is 11.8 Å². The van der Waals surface area contributed by atoms with E-state index in [0.717, 1.165) is 0 Å². The number of ether oxygens (including phenoxy) is 4. The summed E-state index contributed by atoms with van der Waals surface area (Å²) in [5.74, 6) is -2.19. The van der Waals surface area contributed by atoms with Crippen LogP contribution in [-0.2, 0) is 28.5 Å². The summed E-state index contributed by atoms with van der Waals surface area (Å²) in [7, 11) is 0. The minimum atomic E-state index is -0.863. The molecule has 8 heteroatoms. The van der Waals surface area contributed by atoms with Crippen molar-refractivity contribution in [2.24, 2.45) is 0 Å². The van der Waals surface area contributed by atoms with Gasteiger partial charge >= 0.3 is 0 Å². The average Bonchev–Trinajstić information content (AvgIpc) is 2.57. The summed E-state index contributed by atoms with van der Waals surface area (Å²) < 4.78 is 22.1. The van der Waals surface area contributed by atoms with Crippen molar-refractivity contribution in [1.29, 1.82) is 0 Å². The number of carbonyl (C=O) groups excluding carboxylic acids is 2. The summed E-state index contributed by atoms with van der Waals surface area (Å²) in [4.78, 5) is 23.9. The molecule has 0 unspecified atom stereocenters. The van der Waals surface area contributed by atoms with E-state index in [0.29, 0.717) is 26.4 Å². The van der Waals surface area contributed by atoms with Crippen molar-refractivity contribution in [3.05, 3.63) is 0 Å². The van der Waals surface area contributed by atoms with Gasteiger partial charge in [-0.15, -0.1) is 0 Å². The Morgan fingerprint density at radius 2 is 0.923 bits per heavy atom. The molecule has 0 spiro atoms. The Balaban J connectivity index is 4.23. The highest BCUT2D eigenvalue weighted by atomic mass is 16.7. The second-order valence-corrected chi connectivity index (χ2v) is 6.05. The maximum Gasteiger partial charge on any atom is 0.220 e. The van der Waals surface area contributed by atoms with Crippen molar-refractivity contribution in [2.45, 2.75) is 66.0 Å². The summed E-state index contributed by atoms with van der Waals surface area (Å²) >= 11 is 0. The Labute approximate surface area is 157 Å². The largest absolute Gasteiger partial charge is 0.351 e. The molecule has 2 N–H and O–H groups in total. The fraction of sp³-hybridized carbons (Fsp3) is 0.889. The second-order valence-electron chi connectivity index (χ2n) is 6.05. The van der Waals surface area contributed by atoms with Gasteiger partial charge in [0.2, 0.25) is 11.8 Å². The monoisotopic (exact) mass is 376 g/mol. The molecule has 0 aliphatic rings. The van der Waals surface area contributed by atoms with E-state index in [2.05, 4.69) is 10.6 Å². The molecule has 0 aliphatic heterocycles. The third-order valence-corrected chi connectivity index (χ3v) is 3.59. The van der Waals surface area contributed by atoms with Gasteiger partial charge in [-0.05, 0) is 41.5 Å². The summed E-state index contributed by atoms with van der Waals surface area (Å²) in [6.45, 7) is 13.4. The maximum atomic E-state index is 12.0. The summed E-state index contributed by atoms with van der Waals surface area (Å²) in [6.07, 6.45) is 0.167. The zero-order valence-corrected chi connectivity index (χ0v) is 17.1. The lowest BCUT2D eigenvalue weighted by molar-refractivity contribution is -0.217. The van der Waals surface area contributed by atoms with Crippen molar-refractivity contribution in [3.8, 4) is 0 Å². The maximum absolute atomic E-state index is 12.0. The molecule has 8 nitrogen and oxygen atoms in total. The molecule has 0 aliphatic carbocycles. The van der Waals surface area contributed by atoms with Crippen LogP contribution in [-0.4, -0.2) is 62.9 Å². The molecule has 0 heterocycles. The van der Waals surface area contributed by atoms with Crippen LogP contribution in [0.1, 0.15) is 54.4 Å². The lowest BCUT2D eigenvalue weighted by Gasteiger charge is -2.29. The van der Waals surface area contributed by atoms with Crippen LogP contribution in [0, 0.1) is 0 Å². The quantitative estimate of drug-likeness (QED) is 0.421. The SMILES string of the molecule is CCOC(C)(CNC(=O)CCC(=O)NCC(C)(OCC)OCC)OCC. The van der Waals surface area contributed by atoms with Crippen LogP contribution in [0.25, 0.3) is 0 Å². The van der Waals surface area contributed by atoms with Gasteiger partial charge in [0.05, 0.1) is 13.1 Å². The molecule has 0 rings (SSSR count). The van der Waals surface area contributed by atoms with E-state index in [-0.39, 0.29) is 37.7 Å². The zero-order valence-electron chi connectivity index (χ0n) is 17.1. The number of nitrogens with one attached hydrogen (secondary N) is 2. The van der Waals surface area contributed by atoms with Gasteiger partial charge < -0.3 is 29.6 Å². The smallest absolute Gasteiger partial charge is 0.220 e. The molecular weight excluding hydrogens is 340 g/mol. The number of hydrogen-bond acceptors (Lipinski definition) is 6. The third kappa shape index (κ3) is 10.7. The molecule has 0 atom stereocenters. The van der Waals surface area contributed by atoms with Gasteiger partial charge in [-0.3, -0.25) is 9.59 Å². The molecule has 0 saturated heterocycles. The summed E-state index contributed by atoms with van der Waals surface area (Å²) in [6, 6.07) is 0. The van der Waals surface area contributed by atoms with Crippen LogP contribution >= 0.6 is 0 Å². The zero-order chi connectivity index (χ0) is 20.1. The van der Waals surface area contributed by atoms with Crippen LogP contribution in [0.2, 0.25) is 0 Å². The molecule has 0 fully saturated rings. The molecule has 2 amide bonds. The van der Waals surface area contributed by atoms with Gasteiger partial charge in [-0.2, -0.15) is 0 Å². The normalized spacial score (nSPS) is 12.1. The second kappa shape index (κ2) is 13.0. The van der Waals surface area contributed by atoms with E-state index in [1.54, 1.807) is 13.8 Å². The Hall–Kier alpha value is -1.22. The Morgan fingerprint density at radius 3 is 1.15 bits per heavy atom. The molecule has 0 bridgehead atoms. The van der Waals surface area contributed by atoms with Gasteiger partial charge in [0.25, 0.3) is 0 Å². The highest BCUT2D eigenvalue weighted by Crippen LogP contribution is 2.12. The van der Waals surface area contributed by atoms with Crippen molar-refractivity contribution in [1.82, 2.24) is 10.6 Å². The van der Waals surface area contributed by atoms with Crippen molar-refractivity contribution in [2.75, 3.05) is 39.5 Å². The first-order valence-corrected chi connectivity index (χ1v) is 9.33. The van der Waals surface area contributed by atoms with Gasteiger partial charge in [0.15, 0.2) is 11.6 Å². The van der Waals surface area contributed by atoms with E-state index in [9.17, 15) is 9.59 Å². The standard InChI is InChI=1S/C18H36N2O6/c1-7-23-17(5,24-8-2)13-19-15(21)11-12-16(22)20-14-18(6,25-9-3)26-10-4/h7-14H2,1-6H3,(H,19,21)(H,20,22). The van der Waals surface area contributed by atoms with Crippen molar-refractivity contribution < 1.29 is 28.5 Å². The average molecular weight is 376 g/mol. The molecule has 0 aromatic rings. The minimum Gasteiger partial charge on any atom is -0.351 e. The number of carbonyl (C=O) groups is 2. The number of rotatable bonds is 15. The fourth-order valence-electron chi connectivity index (χ4n) is 2.43. The molecule has 0 radical (unpaired) electrons. The Morgan fingerprint density at radius 1 is 0.654 bits per heavy atom. The van der Waals surface area contributed by atoms with Gasteiger partial charge in [-0.1, -0.05) is 0 Å². The minimum absolute atomic E-state index is 0.0835. The van der Waals surface area contributed by atoms with Gasteiger partial charge in [0.1, 0.15) is 0 Å². The number of amides is 2. The molecule has 0 saturated carbocycles. The van der Waals surface area contributed by atoms with Crippen LogP contribution in [0.5, 0.6) is 0 Å². The molecule has 154 valence electrons. The van der Waals surface area contributed by atoms with Gasteiger partial charge in [0, 0.05) is 39.3 Å². The van der Waals surface area contributed by atoms with Crippen molar-refractivity contribution in [3.63, 3.8) is 0 Å². The highest BCUT2D eigenvalue weighted by molar-refractivity contribution is 5.83. The topological polar surface area (TPSA) is 95.1 Å². The first-order chi connectivity index (χ1) is 12.2. The predicted molar refractivity (Wildman–Crippen MR) is 98.6 cm³/mol. The lowest BCUT2D eigenvalue weighted by Crippen LogP contribution is -2.46. The molecule has 0 aromatic heterocycles. The molecular formula is C18H36N2O6. The first-order valence-electron chi connectivity index (χ1n) is 9.33. The lowest BCUT2D eigenvalue weighted by atomic mass is 10.2. The fourth-order valence-corrected chi connectivity index (χ4v) is 2.43. The van der Waals surface area contributed by atoms with Gasteiger partial charge in [-0.25, -0.2) is 0 Å². The van der Waals surface area contributed by atoms with E-state index >= 15 is 0 Å².